The average molecular weight is 382 g/mol. The lowest BCUT2D eigenvalue weighted by molar-refractivity contribution is 0.0702. The summed E-state index contributed by atoms with van der Waals surface area (Å²) < 4.78 is 6.44. The topological polar surface area (TPSA) is 59.4 Å². The van der Waals surface area contributed by atoms with E-state index < -0.39 is 5.97 Å². The smallest absolute Gasteiger partial charge is 0.349 e. The maximum absolute atomic E-state index is 10.8. The minimum Gasteiger partial charge on any atom is -0.477 e. The van der Waals surface area contributed by atoms with Gasteiger partial charge in [-0.2, -0.15) is 4.98 Å². The number of benzene rings is 1. The Balaban J connectivity index is 2.25. The van der Waals surface area contributed by atoms with Crippen molar-refractivity contribution in [2.24, 2.45) is 0 Å². The van der Waals surface area contributed by atoms with Crippen LogP contribution in [-0.4, -0.2) is 16.1 Å². The first-order valence-electron chi connectivity index (χ1n) is 4.39. The number of carbonyl (C=O) groups is 1. The van der Waals surface area contributed by atoms with Gasteiger partial charge in [-0.15, -0.1) is 0 Å². The molecule has 0 fully saturated rings. The molecule has 1 aromatic carbocycles. The molecule has 1 aromatic heterocycles. The zero-order valence-electron chi connectivity index (χ0n) is 8.18. The van der Waals surface area contributed by atoms with Crippen LogP contribution in [0.5, 0.6) is 10.9 Å². The van der Waals surface area contributed by atoms with E-state index in [1.54, 1.807) is 6.07 Å². The second-order valence-electron chi connectivity index (χ2n) is 2.96. The Kier molecular flexibility index (Phi) is 3.85. The minimum atomic E-state index is -1.11. The molecular weight excluding hydrogens is 377 g/mol. The van der Waals surface area contributed by atoms with Crippen molar-refractivity contribution < 1.29 is 14.6 Å². The van der Waals surface area contributed by atoms with Crippen LogP contribution in [0.15, 0.2) is 24.3 Å². The van der Waals surface area contributed by atoms with Crippen molar-refractivity contribution in [3.63, 3.8) is 0 Å². The van der Waals surface area contributed by atoms with E-state index in [9.17, 15) is 4.79 Å². The zero-order valence-corrected chi connectivity index (χ0v) is 11.9. The summed E-state index contributed by atoms with van der Waals surface area (Å²) in [5.41, 5.74) is 0. The first-order valence-corrected chi connectivity index (χ1v) is 6.66. The Bertz CT molecular complexity index is 572. The molecule has 0 atom stereocenters. The minimum absolute atomic E-state index is 0.0210. The molecule has 0 aliphatic rings. The van der Waals surface area contributed by atoms with Crippen molar-refractivity contribution in [3.05, 3.63) is 37.9 Å². The van der Waals surface area contributed by atoms with E-state index in [4.69, 9.17) is 21.4 Å². The van der Waals surface area contributed by atoms with Crippen LogP contribution < -0.4 is 4.74 Å². The predicted octanol–water partition coefficient (Wildman–Crippen LogP) is 3.89. The number of hydrogen-bond donors (Lipinski definition) is 1. The van der Waals surface area contributed by atoms with Gasteiger partial charge in [0.1, 0.15) is 5.75 Å². The SMILES string of the molecule is O=C(O)c1sc(Oc2cccc(I)c2)nc1Cl. The summed E-state index contributed by atoms with van der Waals surface area (Å²) in [7, 11) is 0. The van der Waals surface area contributed by atoms with Crippen molar-refractivity contribution in [2.75, 3.05) is 0 Å². The number of halogens is 2. The summed E-state index contributed by atoms with van der Waals surface area (Å²) in [5, 5.41) is 8.98. The standard InChI is InChI=1S/C10H5ClINO3S/c11-8-7(9(14)15)17-10(13-8)16-6-3-1-2-5(12)4-6/h1-4H,(H,14,15). The molecule has 2 aromatic rings. The van der Waals surface area contributed by atoms with Crippen LogP contribution >= 0.6 is 45.5 Å². The van der Waals surface area contributed by atoms with Crippen molar-refractivity contribution in [2.45, 2.75) is 0 Å². The first-order chi connectivity index (χ1) is 8.06. The number of aromatic carboxylic acids is 1. The molecule has 0 unspecified atom stereocenters. The van der Waals surface area contributed by atoms with Gasteiger partial charge in [-0.1, -0.05) is 29.0 Å². The van der Waals surface area contributed by atoms with E-state index in [-0.39, 0.29) is 15.2 Å². The molecule has 17 heavy (non-hydrogen) atoms. The third-order valence-corrected chi connectivity index (χ3v) is 3.74. The molecule has 0 spiro atoms. The number of hydrogen-bond acceptors (Lipinski definition) is 4. The fraction of sp³-hybridized carbons (Fsp3) is 0. The molecule has 1 N–H and O–H groups in total. The fourth-order valence-corrected chi connectivity index (χ4v) is 2.59. The highest BCUT2D eigenvalue weighted by molar-refractivity contribution is 14.1. The summed E-state index contributed by atoms with van der Waals surface area (Å²) in [5.74, 6) is -0.510. The lowest BCUT2D eigenvalue weighted by Crippen LogP contribution is -1.91. The summed E-state index contributed by atoms with van der Waals surface area (Å²) in [4.78, 5) is 14.6. The fourth-order valence-electron chi connectivity index (χ4n) is 1.09. The summed E-state index contributed by atoms with van der Waals surface area (Å²) >= 11 is 8.73. The number of rotatable bonds is 3. The molecule has 4 nitrogen and oxygen atoms in total. The number of carboxylic acids is 1. The molecule has 0 aliphatic carbocycles. The molecule has 0 saturated heterocycles. The lowest BCUT2D eigenvalue weighted by Gasteiger charge is -2.00. The van der Waals surface area contributed by atoms with E-state index in [1.807, 2.05) is 18.2 Å². The van der Waals surface area contributed by atoms with Gasteiger partial charge in [0, 0.05) is 3.57 Å². The Morgan fingerprint density at radius 3 is 2.88 bits per heavy atom. The van der Waals surface area contributed by atoms with Gasteiger partial charge in [0.25, 0.3) is 5.19 Å². The largest absolute Gasteiger partial charge is 0.477 e. The summed E-state index contributed by atoms with van der Waals surface area (Å²) in [6.07, 6.45) is 0. The Hall–Kier alpha value is -0.860. The molecular formula is C10H5ClINO3S. The second-order valence-corrected chi connectivity index (χ2v) is 5.53. The molecule has 0 saturated carbocycles. The van der Waals surface area contributed by atoms with Gasteiger partial charge >= 0.3 is 5.97 Å². The van der Waals surface area contributed by atoms with Gasteiger partial charge in [0.2, 0.25) is 0 Å². The second kappa shape index (κ2) is 5.19. The van der Waals surface area contributed by atoms with E-state index in [0.717, 1.165) is 14.9 Å². The number of ether oxygens (including phenoxy) is 1. The predicted molar refractivity (Wildman–Crippen MR) is 73.3 cm³/mol. The molecule has 0 radical (unpaired) electrons. The molecule has 1 heterocycles. The van der Waals surface area contributed by atoms with Gasteiger partial charge in [-0.05, 0) is 40.8 Å². The van der Waals surface area contributed by atoms with E-state index in [2.05, 4.69) is 27.6 Å². The molecule has 88 valence electrons. The monoisotopic (exact) mass is 381 g/mol. The highest BCUT2D eigenvalue weighted by Gasteiger charge is 2.16. The van der Waals surface area contributed by atoms with Gasteiger partial charge in [-0.3, -0.25) is 0 Å². The number of aromatic nitrogens is 1. The molecule has 2 rings (SSSR count). The van der Waals surface area contributed by atoms with Crippen LogP contribution in [0.25, 0.3) is 0 Å². The Labute approximate surface area is 119 Å². The average Bonchev–Trinajstić information content (AvgIpc) is 2.59. The summed E-state index contributed by atoms with van der Waals surface area (Å²) in [6.45, 7) is 0. The molecule has 0 bridgehead atoms. The maximum Gasteiger partial charge on any atom is 0.349 e. The number of nitrogens with zero attached hydrogens (tertiary/aromatic N) is 1. The van der Waals surface area contributed by atoms with Crippen LogP contribution in [0.2, 0.25) is 5.15 Å². The molecule has 7 heteroatoms. The Morgan fingerprint density at radius 2 is 2.29 bits per heavy atom. The number of thiazole rings is 1. The van der Waals surface area contributed by atoms with E-state index in [1.165, 1.54) is 0 Å². The lowest BCUT2D eigenvalue weighted by atomic mass is 10.3. The van der Waals surface area contributed by atoms with Crippen LogP contribution in [-0.2, 0) is 0 Å². The van der Waals surface area contributed by atoms with E-state index in [0.29, 0.717) is 5.75 Å². The van der Waals surface area contributed by atoms with Crippen LogP contribution in [0, 0.1) is 3.57 Å². The molecule has 0 aliphatic heterocycles. The first kappa shape index (κ1) is 12.6. The highest BCUT2D eigenvalue weighted by atomic mass is 127. The van der Waals surface area contributed by atoms with Crippen molar-refractivity contribution >= 4 is 51.5 Å². The van der Waals surface area contributed by atoms with Crippen molar-refractivity contribution in [3.8, 4) is 10.9 Å². The van der Waals surface area contributed by atoms with Crippen molar-refractivity contribution in [1.82, 2.24) is 4.98 Å². The quantitative estimate of drug-likeness (QED) is 0.820. The van der Waals surface area contributed by atoms with Crippen LogP contribution in [0.4, 0.5) is 0 Å². The van der Waals surface area contributed by atoms with Gasteiger partial charge in [-0.25, -0.2) is 4.79 Å². The third kappa shape index (κ3) is 3.08. The zero-order chi connectivity index (χ0) is 12.4. The molecule has 0 amide bonds. The Morgan fingerprint density at radius 1 is 1.53 bits per heavy atom. The van der Waals surface area contributed by atoms with E-state index >= 15 is 0 Å². The van der Waals surface area contributed by atoms with Gasteiger partial charge < -0.3 is 9.84 Å². The van der Waals surface area contributed by atoms with Crippen LogP contribution in [0.1, 0.15) is 9.67 Å². The normalized spacial score (nSPS) is 10.2. The van der Waals surface area contributed by atoms with Gasteiger partial charge in [0.05, 0.1) is 0 Å². The number of carboxylic acid groups (broad SMARTS) is 1. The van der Waals surface area contributed by atoms with Crippen molar-refractivity contribution in [1.29, 1.82) is 0 Å². The summed E-state index contributed by atoms with van der Waals surface area (Å²) in [6, 6.07) is 7.34. The van der Waals surface area contributed by atoms with Crippen LogP contribution in [0.3, 0.4) is 0 Å². The maximum atomic E-state index is 10.8. The third-order valence-electron chi connectivity index (χ3n) is 1.76. The van der Waals surface area contributed by atoms with Gasteiger partial charge in [0.15, 0.2) is 10.0 Å². The highest BCUT2D eigenvalue weighted by Crippen LogP contribution is 2.32.